The summed E-state index contributed by atoms with van der Waals surface area (Å²) in [5.41, 5.74) is 10.5. The summed E-state index contributed by atoms with van der Waals surface area (Å²) in [6, 6.07) is 6.77. The molecular formula is C22H33N5O8S. The fraction of sp³-hybridized carbons (Fsp3) is 0.591. The first kappa shape index (κ1) is 27.8. The normalized spacial score (nSPS) is 25.6. The zero-order valence-electron chi connectivity index (χ0n) is 20.1. The van der Waals surface area contributed by atoms with Gasteiger partial charge in [0.25, 0.3) is 0 Å². The van der Waals surface area contributed by atoms with Gasteiger partial charge in [-0.15, -0.1) is 0 Å². The number of rotatable bonds is 12. The van der Waals surface area contributed by atoms with Gasteiger partial charge in [-0.2, -0.15) is 0 Å². The van der Waals surface area contributed by atoms with Crippen LogP contribution in [0.1, 0.15) is 33.1 Å². The van der Waals surface area contributed by atoms with Gasteiger partial charge < -0.3 is 36.1 Å². The van der Waals surface area contributed by atoms with Crippen molar-refractivity contribution in [2.24, 2.45) is 16.5 Å². The van der Waals surface area contributed by atoms with E-state index in [0.29, 0.717) is 6.42 Å². The Morgan fingerprint density at radius 2 is 1.78 bits per heavy atom. The van der Waals surface area contributed by atoms with E-state index in [1.165, 1.54) is 12.1 Å². The Labute approximate surface area is 209 Å². The van der Waals surface area contributed by atoms with Gasteiger partial charge in [0.15, 0.2) is 11.7 Å². The largest absolute Gasteiger partial charge is 0.480 e. The van der Waals surface area contributed by atoms with E-state index in [4.69, 9.17) is 25.7 Å². The van der Waals surface area contributed by atoms with Gasteiger partial charge in [0.05, 0.1) is 17.4 Å². The number of carboxylic acid groups (broad SMARTS) is 1. The number of guanidine groups is 1. The molecule has 200 valence electrons. The Morgan fingerprint density at radius 1 is 1.14 bits per heavy atom. The number of sulfonamides is 1. The summed E-state index contributed by atoms with van der Waals surface area (Å²) in [7, 11) is -3.78. The number of benzene rings is 1. The minimum absolute atomic E-state index is 0.0961. The zero-order valence-corrected chi connectivity index (χ0v) is 20.9. The Bertz CT molecular complexity index is 1060. The Balaban J connectivity index is 1.61. The first-order valence-corrected chi connectivity index (χ1v) is 13.0. The number of nitrogens with zero attached hydrogens (tertiary/aromatic N) is 1. The van der Waals surface area contributed by atoms with Crippen LogP contribution in [0.25, 0.3) is 0 Å². The van der Waals surface area contributed by atoms with Crippen molar-refractivity contribution in [1.82, 2.24) is 10.0 Å². The number of aliphatic imine (C=N–C) groups is 1. The molecule has 0 aliphatic carbocycles. The second-order valence-electron chi connectivity index (χ2n) is 9.05. The number of amides is 1. The monoisotopic (exact) mass is 527 g/mol. The predicted octanol–water partition coefficient (Wildman–Crippen LogP) is -0.734. The molecule has 5 atom stereocenters. The van der Waals surface area contributed by atoms with Crippen molar-refractivity contribution < 1.29 is 37.3 Å². The van der Waals surface area contributed by atoms with Crippen LogP contribution in [0, 0.1) is 0 Å². The van der Waals surface area contributed by atoms with E-state index >= 15 is 0 Å². The van der Waals surface area contributed by atoms with Crippen LogP contribution < -0.4 is 21.5 Å². The smallest absolute Gasteiger partial charge is 0.326 e. The predicted molar refractivity (Wildman–Crippen MR) is 128 cm³/mol. The van der Waals surface area contributed by atoms with Gasteiger partial charge in [-0.25, -0.2) is 17.9 Å². The fourth-order valence-electron chi connectivity index (χ4n) is 4.17. The number of ether oxygens (including phenoxy) is 3. The number of carbonyl (C=O) groups is 2. The second kappa shape index (κ2) is 11.5. The van der Waals surface area contributed by atoms with E-state index in [0.717, 1.165) is 0 Å². The van der Waals surface area contributed by atoms with Crippen molar-refractivity contribution in [2.75, 3.05) is 13.1 Å². The van der Waals surface area contributed by atoms with Crippen LogP contribution in [-0.2, 0) is 33.8 Å². The lowest BCUT2D eigenvalue weighted by Crippen LogP contribution is -2.43. The number of hydrogen-bond acceptors (Lipinski definition) is 8. The lowest BCUT2D eigenvalue weighted by molar-refractivity contribution is -0.187. The topological polar surface area (TPSA) is 205 Å². The molecule has 2 aliphatic heterocycles. The molecule has 0 radical (unpaired) electrons. The van der Waals surface area contributed by atoms with Crippen molar-refractivity contribution >= 4 is 27.9 Å². The van der Waals surface area contributed by atoms with Crippen LogP contribution in [0.3, 0.4) is 0 Å². The van der Waals surface area contributed by atoms with E-state index in [-0.39, 0.29) is 36.8 Å². The highest BCUT2D eigenvalue weighted by atomic mass is 32.2. The van der Waals surface area contributed by atoms with Gasteiger partial charge in [-0.1, -0.05) is 18.2 Å². The first-order chi connectivity index (χ1) is 16.9. The van der Waals surface area contributed by atoms with Crippen molar-refractivity contribution in [1.29, 1.82) is 0 Å². The van der Waals surface area contributed by atoms with Gasteiger partial charge in [0, 0.05) is 13.1 Å². The number of fused-ring (bicyclic) bond motifs is 1. The Morgan fingerprint density at radius 3 is 2.39 bits per heavy atom. The van der Waals surface area contributed by atoms with Crippen LogP contribution in [0.15, 0.2) is 40.2 Å². The molecule has 14 heteroatoms. The van der Waals surface area contributed by atoms with E-state index in [2.05, 4.69) is 15.0 Å². The Kier molecular flexibility index (Phi) is 8.89. The molecule has 3 rings (SSSR count). The summed E-state index contributed by atoms with van der Waals surface area (Å²) in [5, 5.41) is 11.9. The maximum Gasteiger partial charge on any atom is 0.326 e. The Hall–Kier alpha value is -2.78. The average molecular weight is 528 g/mol. The van der Waals surface area contributed by atoms with E-state index in [1.54, 1.807) is 32.0 Å². The van der Waals surface area contributed by atoms with E-state index in [1.807, 2.05) is 0 Å². The molecule has 0 bridgehead atoms. The highest BCUT2D eigenvalue weighted by molar-refractivity contribution is 7.89. The SMILES string of the molecule is CC1(C)O[C@@H]2[C@H](O1)[C@H](CNS(=O)(=O)c1ccccc1)O[C@@H]2CC(=O)N[C@@H](CCCN=C(N)N)C(=O)O. The van der Waals surface area contributed by atoms with Crippen molar-refractivity contribution in [2.45, 2.75) is 74.3 Å². The molecule has 13 nitrogen and oxygen atoms in total. The molecule has 1 aromatic carbocycles. The molecule has 0 saturated carbocycles. The number of nitrogens with two attached hydrogens (primary N) is 2. The fourth-order valence-corrected chi connectivity index (χ4v) is 5.24. The van der Waals surface area contributed by atoms with Crippen LogP contribution >= 0.6 is 0 Å². The average Bonchev–Trinajstić information content (AvgIpc) is 3.28. The maximum atomic E-state index is 12.7. The van der Waals surface area contributed by atoms with Gasteiger partial charge in [0.1, 0.15) is 24.4 Å². The van der Waals surface area contributed by atoms with Crippen LogP contribution in [0.5, 0.6) is 0 Å². The van der Waals surface area contributed by atoms with Gasteiger partial charge in [0.2, 0.25) is 15.9 Å². The zero-order chi connectivity index (χ0) is 26.5. The minimum atomic E-state index is -3.78. The highest BCUT2D eigenvalue weighted by Crippen LogP contribution is 2.39. The van der Waals surface area contributed by atoms with Crippen LogP contribution in [0.2, 0.25) is 0 Å². The minimum Gasteiger partial charge on any atom is -0.480 e. The number of carboxylic acids is 1. The third-order valence-electron chi connectivity index (χ3n) is 5.74. The van der Waals surface area contributed by atoms with Crippen molar-refractivity contribution in [3.05, 3.63) is 30.3 Å². The quantitative estimate of drug-likeness (QED) is 0.131. The summed E-state index contributed by atoms with van der Waals surface area (Å²) < 4.78 is 45.6. The first-order valence-electron chi connectivity index (χ1n) is 11.5. The molecule has 1 aromatic rings. The summed E-state index contributed by atoms with van der Waals surface area (Å²) >= 11 is 0. The molecule has 0 spiro atoms. The number of carbonyl (C=O) groups excluding carboxylic acids is 1. The molecule has 0 aromatic heterocycles. The molecule has 2 heterocycles. The molecule has 0 unspecified atom stereocenters. The molecule has 36 heavy (non-hydrogen) atoms. The van der Waals surface area contributed by atoms with Crippen molar-refractivity contribution in [3.8, 4) is 0 Å². The maximum absolute atomic E-state index is 12.7. The molecule has 1 amide bonds. The van der Waals surface area contributed by atoms with Gasteiger partial charge in [-0.05, 0) is 38.8 Å². The third kappa shape index (κ3) is 7.36. The molecule has 2 aliphatic rings. The highest BCUT2D eigenvalue weighted by Gasteiger charge is 2.55. The second-order valence-corrected chi connectivity index (χ2v) is 10.8. The number of aliphatic carboxylic acids is 1. The van der Waals surface area contributed by atoms with E-state index in [9.17, 15) is 23.1 Å². The van der Waals surface area contributed by atoms with Gasteiger partial charge in [-0.3, -0.25) is 9.79 Å². The van der Waals surface area contributed by atoms with Crippen molar-refractivity contribution in [3.63, 3.8) is 0 Å². The van der Waals surface area contributed by atoms with E-state index < -0.39 is 58.1 Å². The number of hydrogen-bond donors (Lipinski definition) is 5. The summed E-state index contributed by atoms with van der Waals surface area (Å²) in [4.78, 5) is 28.2. The molecule has 7 N–H and O–H groups in total. The lowest BCUT2D eigenvalue weighted by atomic mass is 10.0. The molecule has 2 fully saturated rings. The molecule has 2 saturated heterocycles. The summed E-state index contributed by atoms with van der Waals surface area (Å²) in [5.74, 6) is -2.79. The van der Waals surface area contributed by atoms with Crippen LogP contribution in [-0.4, -0.2) is 80.7 Å². The summed E-state index contributed by atoms with van der Waals surface area (Å²) in [6.45, 7) is 3.56. The number of nitrogens with one attached hydrogen (secondary N) is 2. The summed E-state index contributed by atoms with van der Waals surface area (Å²) in [6.07, 6.45) is -2.45. The molecular weight excluding hydrogens is 494 g/mol. The third-order valence-corrected chi connectivity index (χ3v) is 7.18. The lowest BCUT2D eigenvalue weighted by Gasteiger charge is -2.24. The standard InChI is InChI=1S/C22H33N5O8S/c1-22(2)34-18-15(11-17(28)27-14(20(29)30)9-6-10-25-21(23)24)33-16(19(18)35-22)12-26-36(31,32)13-7-4-3-5-8-13/h3-5,7-8,14-16,18-19,26H,6,9-12H2,1-2H3,(H,27,28)(H,29,30)(H4,23,24,25)/t14-,15+,16-,18-,19+/m0/s1. The van der Waals surface area contributed by atoms with Gasteiger partial charge >= 0.3 is 5.97 Å². The van der Waals surface area contributed by atoms with Crippen LogP contribution in [0.4, 0.5) is 0 Å².